The van der Waals surface area contributed by atoms with Crippen LogP contribution in [0.1, 0.15) is 19.9 Å². The van der Waals surface area contributed by atoms with Gasteiger partial charge in [-0.2, -0.15) is 0 Å². The van der Waals surface area contributed by atoms with Gasteiger partial charge in [-0.1, -0.05) is 39.8 Å². The summed E-state index contributed by atoms with van der Waals surface area (Å²) in [5, 5.41) is 2.87. The van der Waals surface area contributed by atoms with E-state index >= 15 is 0 Å². The summed E-state index contributed by atoms with van der Waals surface area (Å²) in [6.45, 7) is 3.86. The van der Waals surface area contributed by atoms with Crippen LogP contribution in [0.2, 0.25) is 0 Å². The number of ether oxygens (including phenoxy) is 1. The van der Waals surface area contributed by atoms with Crippen molar-refractivity contribution in [3.05, 3.63) is 63.1 Å². The quantitative estimate of drug-likeness (QED) is 0.383. The first-order chi connectivity index (χ1) is 14.3. The molecule has 1 N–H and O–H groups in total. The van der Waals surface area contributed by atoms with Crippen molar-refractivity contribution in [2.45, 2.75) is 30.3 Å². The van der Waals surface area contributed by atoms with Crippen LogP contribution in [0, 0.1) is 5.82 Å². The number of nitrogens with zero attached hydrogens (tertiary/aromatic N) is 2. The number of anilines is 1. The minimum atomic E-state index is -0.623. The van der Waals surface area contributed by atoms with E-state index in [1.165, 1.54) is 12.1 Å². The zero-order valence-electron chi connectivity index (χ0n) is 16.7. The summed E-state index contributed by atoms with van der Waals surface area (Å²) in [7, 11) is 1.56. The van der Waals surface area contributed by atoms with Crippen LogP contribution in [0.3, 0.4) is 0 Å². The van der Waals surface area contributed by atoms with Crippen LogP contribution < -0.4 is 10.9 Å². The molecular formula is C21H21BrFN3O3S. The molecule has 0 aliphatic carbocycles. The van der Waals surface area contributed by atoms with Crippen molar-refractivity contribution in [3.8, 4) is 0 Å². The Balaban J connectivity index is 1.92. The summed E-state index contributed by atoms with van der Waals surface area (Å²) in [6.07, 6.45) is 0. The zero-order valence-corrected chi connectivity index (χ0v) is 19.1. The third-order valence-electron chi connectivity index (χ3n) is 4.46. The van der Waals surface area contributed by atoms with Gasteiger partial charge in [-0.3, -0.25) is 14.2 Å². The summed E-state index contributed by atoms with van der Waals surface area (Å²) in [4.78, 5) is 30.4. The zero-order chi connectivity index (χ0) is 21.8. The average Bonchev–Trinajstić information content (AvgIpc) is 2.70. The molecular weight excluding hydrogens is 473 g/mol. The smallest absolute Gasteiger partial charge is 0.262 e. The lowest BCUT2D eigenvalue weighted by Crippen LogP contribution is -2.30. The van der Waals surface area contributed by atoms with Crippen molar-refractivity contribution in [2.75, 3.05) is 19.0 Å². The van der Waals surface area contributed by atoms with Crippen molar-refractivity contribution < 1.29 is 13.9 Å². The van der Waals surface area contributed by atoms with Gasteiger partial charge in [-0.25, -0.2) is 9.37 Å². The monoisotopic (exact) mass is 493 g/mol. The van der Waals surface area contributed by atoms with E-state index in [2.05, 4.69) is 26.2 Å². The predicted molar refractivity (Wildman–Crippen MR) is 121 cm³/mol. The van der Waals surface area contributed by atoms with Crippen molar-refractivity contribution >= 4 is 50.2 Å². The van der Waals surface area contributed by atoms with E-state index < -0.39 is 17.0 Å². The lowest BCUT2D eigenvalue weighted by atomic mass is 10.2. The second kappa shape index (κ2) is 9.72. The molecule has 2 atom stereocenters. The highest BCUT2D eigenvalue weighted by Crippen LogP contribution is 2.27. The van der Waals surface area contributed by atoms with Crippen LogP contribution in [-0.2, 0) is 9.53 Å². The van der Waals surface area contributed by atoms with Gasteiger partial charge in [0.15, 0.2) is 5.16 Å². The number of para-hydroxylation sites is 1. The second-order valence-corrected chi connectivity index (χ2v) is 8.99. The molecule has 3 rings (SSSR count). The van der Waals surface area contributed by atoms with E-state index in [0.29, 0.717) is 27.1 Å². The summed E-state index contributed by atoms with van der Waals surface area (Å²) < 4.78 is 21.4. The molecule has 0 fully saturated rings. The number of fused-ring (bicyclic) bond motifs is 1. The highest BCUT2D eigenvalue weighted by atomic mass is 79.9. The number of aromatic nitrogens is 2. The van der Waals surface area contributed by atoms with E-state index in [1.807, 2.05) is 6.92 Å². The number of nitrogens with one attached hydrogen (secondary N) is 1. The Bertz CT molecular complexity index is 1140. The summed E-state index contributed by atoms with van der Waals surface area (Å²) in [5.41, 5.74) is 0.448. The third-order valence-corrected chi connectivity index (χ3v) is 6.02. The Morgan fingerprint density at radius 1 is 1.30 bits per heavy atom. The number of rotatable bonds is 7. The lowest BCUT2D eigenvalue weighted by Gasteiger charge is -2.20. The topological polar surface area (TPSA) is 73.2 Å². The molecule has 1 heterocycles. The highest BCUT2D eigenvalue weighted by molar-refractivity contribution is 9.10. The fraction of sp³-hybridized carbons (Fsp3) is 0.286. The Kier molecular flexibility index (Phi) is 7.27. The Morgan fingerprint density at radius 3 is 2.73 bits per heavy atom. The minimum Gasteiger partial charge on any atom is -0.383 e. The van der Waals surface area contributed by atoms with E-state index in [9.17, 15) is 14.0 Å². The summed E-state index contributed by atoms with van der Waals surface area (Å²) in [6, 6.07) is 11.2. The fourth-order valence-electron chi connectivity index (χ4n) is 2.95. The largest absolute Gasteiger partial charge is 0.383 e. The molecule has 0 saturated heterocycles. The molecule has 1 aromatic heterocycles. The normalized spacial score (nSPS) is 13.2. The average molecular weight is 494 g/mol. The number of halogens is 2. The highest BCUT2D eigenvalue weighted by Gasteiger charge is 2.22. The van der Waals surface area contributed by atoms with Crippen LogP contribution in [0.25, 0.3) is 10.9 Å². The first-order valence-electron chi connectivity index (χ1n) is 9.24. The molecule has 0 spiro atoms. The number of hydrogen-bond donors (Lipinski definition) is 1. The van der Waals surface area contributed by atoms with Gasteiger partial charge >= 0.3 is 0 Å². The Hall–Kier alpha value is -2.23. The summed E-state index contributed by atoms with van der Waals surface area (Å²) >= 11 is 4.33. The molecule has 158 valence electrons. The van der Waals surface area contributed by atoms with Gasteiger partial charge in [0.2, 0.25) is 5.91 Å². The van der Waals surface area contributed by atoms with Gasteiger partial charge in [0.25, 0.3) is 5.56 Å². The number of hydrogen-bond acceptors (Lipinski definition) is 5. The number of thioether (sulfide) groups is 1. The maximum Gasteiger partial charge on any atom is 0.262 e. The minimum absolute atomic E-state index is 0.0901. The Morgan fingerprint density at radius 2 is 2.03 bits per heavy atom. The van der Waals surface area contributed by atoms with E-state index in [1.54, 1.807) is 48.9 Å². The molecule has 0 saturated carbocycles. The molecule has 0 radical (unpaired) electrons. The van der Waals surface area contributed by atoms with Gasteiger partial charge in [-0.15, -0.1) is 0 Å². The van der Waals surface area contributed by atoms with Crippen LogP contribution in [0.15, 0.2) is 56.9 Å². The number of amides is 1. The SMILES string of the molecule is COCC(C)n1c(SC(C)C(=O)Nc2ccc(Br)cc2F)nc2ccccc2c1=O. The Labute approximate surface area is 186 Å². The van der Waals surface area contributed by atoms with Gasteiger partial charge in [-0.05, 0) is 44.2 Å². The van der Waals surface area contributed by atoms with Crippen LogP contribution in [-0.4, -0.2) is 34.4 Å². The number of carbonyl (C=O) groups excluding carboxylic acids is 1. The van der Waals surface area contributed by atoms with Gasteiger partial charge in [0.1, 0.15) is 5.82 Å². The predicted octanol–water partition coefficient (Wildman–Crippen LogP) is 4.62. The number of benzene rings is 2. The van der Waals surface area contributed by atoms with E-state index in [-0.39, 0.29) is 17.3 Å². The van der Waals surface area contributed by atoms with Gasteiger partial charge < -0.3 is 10.1 Å². The maximum atomic E-state index is 14.1. The number of methoxy groups -OCH3 is 1. The molecule has 0 bridgehead atoms. The summed E-state index contributed by atoms with van der Waals surface area (Å²) in [5.74, 6) is -0.932. The molecule has 1 amide bonds. The lowest BCUT2D eigenvalue weighted by molar-refractivity contribution is -0.115. The maximum absolute atomic E-state index is 14.1. The van der Waals surface area contributed by atoms with Crippen molar-refractivity contribution in [1.82, 2.24) is 9.55 Å². The molecule has 6 nitrogen and oxygen atoms in total. The first kappa shape index (κ1) is 22.5. The molecule has 30 heavy (non-hydrogen) atoms. The molecule has 9 heteroatoms. The third kappa shape index (κ3) is 4.91. The fourth-order valence-corrected chi connectivity index (χ4v) is 4.29. The van der Waals surface area contributed by atoms with Gasteiger partial charge in [0, 0.05) is 11.6 Å². The first-order valence-corrected chi connectivity index (χ1v) is 10.9. The molecule has 2 aromatic carbocycles. The van der Waals surface area contributed by atoms with E-state index in [0.717, 1.165) is 11.8 Å². The molecule has 0 aliphatic heterocycles. The van der Waals surface area contributed by atoms with Crippen LogP contribution in [0.4, 0.5) is 10.1 Å². The van der Waals surface area contributed by atoms with Crippen LogP contribution >= 0.6 is 27.7 Å². The molecule has 2 unspecified atom stereocenters. The van der Waals surface area contributed by atoms with Crippen molar-refractivity contribution in [1.29, 1.82) is 0 Å². The number of carbonyl (C=O) groups is 1. The molecule has 3 aromatic rings. The van der Waals surface area contributed by atoms with E-state index in [4.69, 9.17) is 4.74 Å². The standard InChI is InChI=1S/C21H21BrFN3O3S/c1-12(11-29-3)26-20(28)15-6-4-5-7-17(15)25-21(26)30-13(2)19(27)24-18-9-8-14(22)10-16(18)23/h4-10,12-13H,11H2,1-3H3,(H,24,27). The second-order valence-electron chi connectivity index (χ2n) is 6.76. The van der Waals surface area contributed by atoms with Crippen LogP contribution in [0.5, 0.6) is 0 Å². The van der Waals surface area contributed by atoms with Gasteiger partial charge in [0.05, 0.1) is 34.5 Å². The van der Waals surface area contributed by atoms with Crippen molar-refractivity contribution in [3.63, 3.8) is 0 Å². The molecule has 0 aliphatic rings. The van der Waals surface area contributed by atoms with Crippen molar-refractivity contribution in [2.24, 2.45) is 0 Å².